The minimum absolute atomic E-state index is 0.00400. The number of aryl methyl sites for hydroxylation is 1. The summed E-state index contributed by atoms with van der Waals surface area (Å²) in [6, 6.07) is 19.2. The molecule has 0 fully saturated rings. The first kappa shape index (κ1) is 19.9. The van der Waals surface area contributed by atoms with Gasteiger partial charge in [0.15, 0.2) is 0 Å². The molecule has 0 aliphatic carbocycles. The number of halogens is 1. The van der Waals surface area contributed by atoms with Crippen molar-refractivity contribution in [1.82, 2.24) is 10.3 Å². The molecule has 0 saturated carbocycles. The Morgan fingerprint density at radius 1 is 1.11 bits per heavy atom. The highest BCUT2D eigenvalue weighted by atomic mass is 35.5. The fourth-order valence-electron chi connectivity index (χ4n) is 2.85. The van der Waals surface area contributed by atoms with E-state index in [2.05, 4.69) is 10.3 Å². The quantitative estimate of drug-likeness (QED) is 0.576. The van der Waals surface area contributed by atoms with E-state index >= 15 is 0 Å². The molecule has 1 unspecified atom stereocenters. The molecular weight excluding hydrogens is 372 g/mol. The van der Waals surface area contributed by atoms with Crippen molar-refractivity contribution in [3.63, 3.8) is 0 Å². The van der Waals surface area contributed by atoms with Crippen molar-refractivity contribution in [2.45, 2.75) is 32.4 Å². The van der Waals surface area contributed by atoms with E-state index < -0.39 is 0 Å². The van der Waals surface area contributed by atoms with Gasteiger partial charge in [-0.1, -0.05) is 48.0 Å². The van der Waals surface area contributed by atoms with Gasteiger partial charge in [0.25, 0.3) is 0 Å². The standard InChI is InChI=1S/C23H23ClN2O2/c1-17(26-23(27)13-10-20-6-2-3-7-22(20)24)19-8-11-21(12-9-19)28-16-18-5-4-14-25-15-18/h2-9,11-12,14-15,17H,10,13,16H2,1H3,(H,26,27). The van der Waals surface area contributed by atoms with E-state index in [4.69, 9.17) is 16.3 Å². The minimum Gasteiger partial charge on any atom is -0.489 e. The lowest BCUT2D eigenvalue weighted by Gasteiger charge is -2.15. The van der Waals surface area contributed by atoms with Crippen LogP contribution in [0.4, 0.5) is 0 Å². The third kappa shape index (κ3) is 5.83. The van der Waals surface area contributed by atoms with Crippen LogP contribution < -0.4 is 10.1 Å². The molecular formula is C23H23ClN2O2. The highest BCUT2D eigenvalue weighted by Gasteiger charge is 2.11. The molecule has 4 nitrogen and oxygen atoms in total. The van der Waals surface area contributed by atoms with Crippen LogP contribution in [0.5, 0.6) is 5.75 Å². The Morgan fingerprint density at radius 3 is 2.61 bits per heavy atom. The van der Waals surface area contributed by atoms with Crippen molar-refractivity contribution in [1.29, 1.82) is 0 Å². The lowest BCUT2D eigenvalue weighted by molar-refractivity contribution is -0.121. The average molecular weight is 395 g/mol. The molecule has 1 aromatic heterocycles. The van der Waals surface area contributed by atoms with E-state index in [9.17, 15) is 4.79 Å². The van der Waals surface area contributed by atoms with Gasteiger partial charge in [0.1, 0.15) is 12.4 Å². The lowest BCUT2D eigenvalue weighted by Crippen LogP contribution is -2.26. The summed E-state index contributed by atoms with van der Waals surface area (Å²) >= 11 is 6.14. The number of ether oxygens (including phenoxy) is 1. The van der Waals surface area contributed by atoms with Crippen LogP contribution in [-0.4, -0.2) is 10.9 Å². The van der Waals surface area contributed by atoms with Crippen molar-refractivity contribution in [2.24, 2.45) is 0 Å². The van der Waals surface area contributed by atoms with Gasteiger partial charge in [-0.05, 0) is 48.7 Å². The van der Waals surface area contributed by atoms with Gasteiger partial charge in [0.05, 0.1) is 6.04 Å². The Morgan fingerprint density at radius 2 is 1.89 bits per heavy atom. The number of pyridine rings is 1. The molecule has 0 saturated heterocycles. The van der Waals surface area contributed by atoms with Crippen LogP contribution in [0.1, 0.15) is 36.1 Å². The second-order valence-electron chi connectivity index (χ2n) is 6.60. The van der Waals surface area contributed by atoms with Gasteiger partial charge in [-0.2, -0.15) is 0 Å². The Labute approximate surface area is 170 Å². The summed E-state index contributed by atoms with van der Waals surface area (Å²) < 4.78 is 5.77. The molecule has 0 spiro atoms. The molecule has 0 aliphatic rings. The molecule has 1 atom stereocenters. The Balaban J connectivity index is 1.48. The molecule has 3 rings (SSSR count). The topological polar surface area (TPSA) is 51.2 Å². The summed E-state index contributed by atoms with van der Waals surface area (Å²) in [6.45, 7) is 2.44. The van der Waals surface area contributed by atoms with Gasteiger partial charge < -0.3 is 10.1 Å². The van der Waals surface area contributed by atoms with Crippen molar-refractivity contribution in [2.75, 3.05) is 0 Å². The largest absolute Gasteiger partial charge is 0.489 e. The lowest BCUT2D eigenvalue weighted by atomic mass is 10.1. The fourth-order valence-corrected chi connectivity index (χ4v) is 3.08. The maximum absolute atomic E-state index is 12.3. The number of benzene rings is 2. The molecule has 1 amide bonds. The van der Waals surface area contributed by atoms with Gasteiger partial charge in [0.2, 0.25) is 5.91 Å². The summed E-state index contributed by atoms with van der Waals surface area (Å²) in [6.07, 6.45) is 4.55. The highest BCUT2D eigenvalue weighted by molar-refractivity contribution is 6.31. The predicted molar refractivity (Wildman–Crippen MR) is 111 cm³/mol. The maximum Gasteiger partial charge on any atom is 0.220 e. The van der Waals surface area contributed by atoms with Crippen molar-refractivity contribution < 1.29 is 9.53 Å². The van der Waals surface area contributed by atoms with E-state index in [0.29, 0.717) is 24.5 Å². The monoisotopic (exact) mass is 394 g/mol. The van der Waals surface area contributed by atoms with Crippen LogP contribution in [-0.2, 0) is 17.8 Å². The summed E-state index contributed by atoms with van der Waals surface area (Å²) in [5, 5.41) is 3.73. The smallest absolute Gasteiger partial charge is 0.220 e. The number of rotatable bonds is 8. The van der Waals surface area contributed by atoms with Gasteiger partial charge >= 0.3 is 0 Å². The minimum atomic E-state index is -0.0777. The molecule has 28 heavy (non-hydrogen) atoms. The zero-order valence-electron chi connectivity index (χ0n) is 15.8. The third-order valence-corrected chi connectivity index (χ3v) is 4.83. The van der Waals surface area contributed by atoms with Crippen LogP contribution in [0.15, 0.2) is 73.1 Å². The Hall–Kier alpha value is -2.85. The Kier molecular flexibility index (Phi) is 7.04. The van der Waals surface area contributed by atoms with E-state index in [-0.39, 0.29) is 11.9 Å². The molecule has 5 heteroatoms. The Bertz CT molecular complexity index is 898. The molecule has 3 aromatic rings. The predicted octanol–water partition coefficient (Wildman–Crippen LogP) is 5.12. The molecule has 0 radical (unpaired) electrons. The maximum atomic E-state index is 12.3. The first-order chi connectivity index (χ1) is 13.6. The van der Waals surface area contributed by atoms with Crippen LogP contribution in [0.2, 0.25) is 5.02 Å². The third-order valence-electron chi connectivity index (χ3n) is 4.47. The molecule has 2 aromatic carbocycles. The van der Waals surface area contributed by atoms with Crippen molar-refractivity contribution in [3.8, 4) is 5.75 Å². The molecule has 0 bridgehead atoms. The second-order valence-corrected chi connectivity index (χ2v) is 7.01. The molecule has 0 aliphatic heterocycles. The van der Waals surface area contributed by atoms with Crippen molar-refractivity contribution in [3.05, 3.63) is 94.8 Å². The van der Waals surface area contributed by atoms with Gasteiger partial charge in [-0.3, -0.25) is 9.78 Å². The molecule has 144 valence electrons. The first-order valence-electron chi connectivity index (χ1n) is 9.26. The van der Waals surface area contributed by atoms with E-state index in [1.54, 1.807) is 12.4 Å². The number of carbonyl (C=O) groups excluding carboxylic acids is 1. The number of amides is 1. The van der Waals surface area contributed by atoms with Crippen molar-refractivity contribution >= 4 is 17.5 Å². The molecule has 1 heterocycles. The van der Waals surface area contributed by atoms with Gasteiger partial charge in [0, 0.05) is 29.4 Å². The first-order valence-corrected chi connectivity index (χ1v) is 9.64. The highest BCUT2D eigenvalue weighted by Crippen LogP contribution is 2.20. The summed E-state index contributed by atoms with van der Waals surface area (Å²) in [5.41, 5.74) is 3.03. The van der Waals surface area contributed by atoms with Crippen LogP contribution >= 0.6 is 11.6 Å². The summed E-state index contributed by atoms with van der Waals surface area (Å²) in [5.74, 6) is 0.786. The number of carbonyl (C=O) groups is 1. The van der Waals surface area contributed by atoms with Crippen LogP contribution in [0.3, 0.4) is 0 Å². The average Bonchev–Trinajstić information content (AvgIpc) is 2.73. The van der Waals surface area contributed by atoms with Gasteiger partial charge in [-0.25, -0.2) is 0 Å². The van der Waals surface area contributed by atoms with E-state index in [1.807, 2.05) is 67.6 Å². The number of hydrogen-bond acceptors (Lipinski definition) is 3. The van der Waals surface area contributed by atoms with E-state index in [0.717, 1.165) is 22.4 Å². The number of hydrogen-bond donors (Lipinski definition) is 1. The zero-order chi connectivity index (χ0) is 19.8. The zero-order valence-corrected chi connectivity index (χ0v) is 16.5. The second kappa shape index (κ2) is 9.90. The van der Waals surface area contributed by atoms with Crippen LogP contribution in [0.25, 0.3) is 0 Å². The number of nitrogens with one attached hydrogen (secondary N) is 1. The molecule has 1 N–H and O–H groups in total. The number of nitrogens with zero attached hydrogens (tertiary/aromatic N) is 1. The number of aromatic nitrogens is 1. The fraction of sp³-hybridized carbons (Fsp3) is 0.217. The summed E-state index contributed by atoms with van der Waals surface area (Å²) in [7, 11) is 0. The van der Waals surface area contributed by atoms with Crippen LogP contribution in [0, 0.1) is 0 Å². The van der Waals surface area contributed by atoms with Gasteiger partial charge in [-0.15, -0.1) is 0 Å². The SMILES string of the molecule is CC(NC(=O)CCc1ccccc1Cl)c1ccc(OCc2cccnc2)cc1. The van der Waals surface area contributed by atoms with E-state index in [1.165, 1.54) is 0 Å². The normalized spacial score (nSPS) is 11.6. The summed E-state index contributed by atoms with van der Waals surface area (Å²) in [4.78, 5) is 16.3.